The first-order valence-corrected chi connectivity index (χ1v) is 9.03. The van der Waals surface area contributed by atoms with E-state index in [1.807, 2.05) is 43.5 Å². The number of likely N-dealkylation sites (tertiary alicyclic amines) is 1. The Labute approximate surface area is 152 Å². The summed E-state index contributed by atoms with van der Waals surface area (Å²) in [6.45, 7) is 5.65. The maximum Gasteiger partial charge on any atom is 0.258 e. The number of aryl methyl sites for hydroxylation is 1. The van der Waals surface area contributed by atoms with Gasteiger partial charge in [0, 0.05) is 38.1 Å². The lowest BCUT2D eigenvalue weighted by Crippen LogP contribution is -2.25. The highest BCUT2D eigenvalue weighted by molar-refractivity contribution is 5.40. The van der Waals surface area contributed by atoms with Crippen LogP contribution in [0.2, 0.25) is 0 Å². The van der Waals surface area contributed by atoms with Crippen molar-refractivity contribution >= 4 is 11.5 Å². The van der Waals surface area contributed by atoms with Crippen molar-refractivity contribution in [1.82, 2.24) is 19.3 Å². The quantitative estimate of drug-likeness (QED) is 0.766. The predicted molar refractivity (Wildman–Crippen MR) is 102 cm³/mol. The molecule has 0 spiro atoms. The van der Waals surface area contributed by atoms with E-state index in [0.717, 1.165) is 49.7 Å². The number of hydrogen-bond acceptors (Lipinski definition) is 5. The van der Waals surface area contributed by atoms with Gasteiger partial charge in [0.2, 0.25) is 0 Å². The lowest BCUT2D eigenvalue weighted by atomic mass is 10.1. The van der Waals surface area contributed by atoms with Crippen molar-refractivity contribution in [1.29, 1.82) is 0 Å². The van der Waals surface area contributed by atoms with Gasteiger partial charge in [0.15, 0.2) is 0 Å². The molecule has 0 bridgehead atoms. The first kappa shape index (κ1) is 16.7. The average Bonchev–Trinajstić information content (AvgIpc) is 3.09. The molecule has 0 aliphatic carbocycles. The SMILES string of the molecule is Cc1ccc2nc(CN3CC[C@H](CNc4ccccn4)C3)cc(=O)n2c1. The first-order chi connectivity index (χ1) is 12.7. The van der Waals surface area contributed by atoms with Gasteiger partial charge in [-0.2, -0.15) is 0 Å². The lowest BCUT2D eigenvalue weighted by Gasteiger charge is -2.16. The molecule has 0 saturated carbocycles. The zero-order valence-electron chi connectivity index (χ0n) is 14.9. The molecule has 1 aliphatic rings. The summed E-state index contributed by atoms with van der Waals surface area (Å²) in [5.74, 6) is 1.51. The summed E-state index contributed by atoms with van der Waals surface area (Å²) in [4.78, 5) is 23.7. The average molecular weight is 349 g/mol. The third-order valence-corrected chi connectivity index (χ3v) is 4.85. The van der Waals surface area contributed by atoms with Gasteiger partial charge in [0.1, 0.15) is 11.5 Å². The van der Waals surface area contributed by atoms with E-state index in [2.05, 4.69) is 20.2 Å². The second kappa shape index (κ2) is 7.25. The Balaban J connectivity index is 1.38. The van der Waals surface area contributed by atoms with Crippen LogP contribution in [0.15, 0.2) is 53.6 Å². The number of nitrogens with zero attached hydrogens (tertiary/aromatic N) is 4. The summed E-state index contributed by atoms with van der Waals surface area (Å²) < 4.78 is 1.61. The van der Waals surface area contributed by atoms with Gasteiger partial charge in [0.25, 0.3) is 5.56 Å². The topological polar surface area (TPSA) is 62.5 Å². The van der Waals surface area contributed by atoms with E-state index < -0.39 is 0 Å². The molecule has 3 aromatic rings. The molecule has 1 saturated heterocycles. The van der Waals surface area contributed by atoms with Crippen molar-refractivity contribution in [2.24, 2.45) is 5.92 Å². The Kier molecular flexibility index (Phi) is 4.67. The van der Waals surface area contributed by atoms with Crippen LogP contribution in [0.4, 0.5) is 5.82 Å². The van der Waals surface area contributed by atoms with Crippen molar-refractivity contribution in [2.75, 3.05) is 25.0 Å². The van der Waals surface area contributed by atoms with E-state index in [4.69, 9.17) is 0 Å². The van der Waals surface area contributed by atoms with Gasteiger partial charge in [-0.3, -0.25) is 14.1 Å². The van der Waals surface area contributed by atoms with Crippen molar-refractivity contribution in [3.05, 3.63) is 70.4 Å². The fourth-order valence-electron chi connectivity index (χ4n) is 3.51. The smallest absolute Gasteiger partial charge is 0.258 e. The van der Waals surface area contributed by atoms with Crippen molar-refractivity contribution in [3.8, 4) is 0 Å². The van der Waals surface area contributed by atoms with E-state index in [1.165, 1.54) is 0 Å². The number of rotatable bonds is 5. The normalized spacial score (nSPS) is 17.7. The van der Waals surface area contributed by atoms with E-state index in [0.29, 0.717) is 11.6 Å². The lowest BCUT2D eigenvalue weighted by molar-refractivity contribution is 0.315. The van der Waals surface area contributed by atoms with Crippen molar-refractivity contribution in [2.45, 2.75) is 19.9 Å². The van der Waals surface area contributed by atoms with Crippen LogP contribution < -0.4 is 10.9 Å². The molecule has 0 amide bonds. The Morgan fingerprint density at radius 2 is 2.19 bits per heavy atom. The fourth-order valence-corrected chi connectivity index (χ4v) is 3.51. The molecular weight excluding hydrogens is 326 g/mol. The summed E-state index contributed by atoms with van der Waals surface area (Å²) >= 11 is 0. The number of aromatic nitrogens is 3. The van der Waals surface area contributed by atoms with Crippen LogP contribution >= 0.6 is 0 Å². The van der Waals surface area contributed by atoms with Crippen LogP contribution in [0.3, 0.4) is 0 Å². The maximum absolute atomic E-state index is 12.3. The molecule has 1 fully saturated rings. The molecule has 6 nitrogen and oxygen atoms in total. The van der Waals surface area contributed by atoms with Crippen LogP contribution in [-0.2, 0) is 6.54 Å². The van der Waals surface area contributed by atoms with Gasteiger partial charge in [-0.1, -0.05) is 12.1 Å². The van der Waals surface area contributed by atoms with E-state index in [1.54, 1.807) is 16.7 Å². The van der Waals surface area contributed by atoms with Crippen molar-refractivity contribution < 1.29 is 0 Å². The second-order valence-corrected chi connectivity index (χ2v) is 7.01. The van der Waals surface area contributed by atoms with Crippen LogP contribution in [0.5, 0.6) is 0 Å². The zero-order valence-corrected chi connectivity index (χ0v) is 14.9. The van der Waals surface area contributed by atoms with Gasteiger partial charge in [-0.15, -0.1) is 0 Å². The molecule has 1 aliphatic heterocycles. The predicted octanol–water partition coefficient (Wildman–Crippen LogP) is 2.33. The van der Waals surface area contributed by atoms with Crippen molar-refractivity contribution in [3.63, 3.8) is 0 Å². The summed E-state index contributed by atoms with van der Waals surface area (Å²) in [7, 11) is 0. The molecule has 26 heavy (non-hydrogen) atoms. The summed E-state index contributed by atoms with van der Waals surface area (Å²) in [6.07, 6.45) is 4.78. The number of hydrogen-bond donors (Lipinski definition) is 1. The molecule has 134 valence electrons. The van der Waals surface area contributed by atoms with E-state index in [9.17, 15) is 4.79 Å². The van der Waals surface area contributed by atoms with Crippen LogP contribution in [-0.4, -0.2) is 38.9 Å². The highest BCUT2D eigenvalue weighted by Crippen LogP contribution is 2.18. The third kappa shape index (κ3) is 3.75. The minimum absolute atomic E-state index is 0.0127. The third-order valence-electron chi connectivity index (χ3n) is 4.85. The number of nitrogens with one attached hydrogen (secondary N) is 1. The first-order valence-electron chi connectivity index (χ1n) is 9.03. The Bertz CT molecular complexity index is 953. The molecular formula is C20H23N5O. The molecule has 1 N–H and O–H groups in total. The summed E-state index contributed by atoms with van der Waals surface area (Å²) in [6, 6.07) is 11.4. The summed E-state index contributed by atoms with van der Waals surface area (Å²) in [5, 5.41) is 3.40. The largest absolute Gasteiger partial charge is 0.370 e. The van der Waals surface area contributed by atoms with Crippen LogP contribution in [0.1, 0.15) is 17.7 Å². The maximum atomic E-state index is 12.3. The zero-order chi connectivity index (χ0) is 17.9. The molecule has 6 heteroatoms. The number of pyridine rings is 2. The number of anilines is 1. The minimum Gasteiger partial charge on any atom is -0.370 e. The second-order valence-electron chi connectivity index (χ2n) is 7.01. The molecule has 4 rings (SSSR count). The van der Waals surface area contributed by atoms with E-state index in [-0.39, 0.29) is 5.56 Å². The monoisotopic (exact) mass is 349 g/mol. The minimum atomic E-state index is -0.0127. The van der Waals surface area contributed by atoms with Gasteiger partial charge in [0.05, 0.1) is 5.69 Å². The van der Waals surface area contributed by atoms with Crippen LogP contribution in [0.25, 0.3) is 5.65 Å². The Hall–Kier alpha value is -2.73. The standard InChI is InChI=1S/C20H23N5O/c1-15-5-6-19-23-17(10-20(26)25(19)12-15)14-24-9-7-16(13-24)11-22-18-4-2-3-8-21-18/h2-6,8,10,12,16H,7,9,11,13-14H2,1H3,(H,21,22)/t16-/m1/s1. The molecule has 4 heterocycles. The fraction of sp³-hybridized carbons (Fsp3) is 0.350. The van der Waals surface area contributed by atoms with Gasteiger partial charge < -0.3 is 5.32 Å². The summed E-state index contributed by atoms with van der Waals surface area (Å²) in [5.41, 5.74) is 2.60. The molecule has 0 unspecified atom stereocenters. The van der Waals surface area contributed by atoms with Crippen LogP contribution in [0, 0.1) is 12.8 Å². The Morgan fingerprint density at radius 1 is 1.27 bits per heavy atom. The van der Waals surface area contributed by atoms with E-state index >= 15 is 0 Å². The highest BCUT2D eigenvalue weighted by atomic mass is 16.1. The molecule has 3 aromatic heterocycles. The van der Waals surface area contributed by atoms with Gasteiger partial charge in [-0.25, -0.2) is 9.97 Å². The number of fused-ring (bicyclic) bond motifs is 1. The van der Waals surface area contributed by atoms with Gasteiger partial charge in [-0.05, 0) is 49.6 Å². The molecule has 1 atom stereocenters. The highest BCUT2D eigenvalue weighted by Gasteiger charge is 2.23. The molecule has 0 aromatic carbocycles. The Morgan fingerprint density at radius 3 is 3.04 bits per heavy atom. The molecule has 0 radical (unpaired) electrons. The van der Waals surface area contributed by atoms with Gasteiger partial charge >= 0.3 is 0 Å².